The second-order valence-corrected chi connectivity index (χ2v) is 6.60. The fourth-order valence-electron chi connectivity index (χ4n) is 3.09. The summed E-state index contributed by atoms with van der Waals surface area (Å²) in [6, 6.07) is 2.84. The third kappa shape index (κ3) is 2.28. The van der Waals surface area contributed by atoms with Gasteiger partial charge in [-0.15, -0.1) is 0 Å². The van der Waals surface area contributed by atoms with Crippen LogP contribution >= 0.6 is 11.3 Å². The van der Waals surface area contributed by atoms with E-state index in [1.165, 1.54) is 31.5 Å². The van der Waals surface area contributed by atoms with Gasteiger partial charge in [-0.3, -0.25) is 4.90 Å². The fraction of sp³-hybridized carbons (Fsp3) is 0.714. The highest BCUT2D eigenvalue weighted by molar-refractivity contribution is 7.07. The van der Waals surface area contributed by atoms with E-state index < -0.39 is 0 Å². The normalized spacial score (nSPS) is 32.6. The summed E-state index contributed by atoms with van der Waals surface area (Å²) in [5, 5.41) is 8.23. The molecular weight excluding hydrogens is 228 g/mol. The Balaban J connectivity index is 1.71. The first-order valence-electron chi connectivity index (χ1n) is 6.70. The maximum Gasteiger partial charge on any atom is 0.0329 e. The largest absolute Gasteiger partial charge is 0.309 e. The first-order valence-corrected chi connectivity index (χ1v) is 7.64. The number of nitrogens with zero attached hydrogens (tertiary/aromatic N) is 1. The van der Waals surface area contributed by atoms with Crippen LogP contribution in [0.4, 0.5) is 0 Å². The van der Waals surface area contributed by atoms with Crippen molar-refractivity contribution in [2.75, 3.05) is 19.6 Å². The van der Waals surface area contributed by atoms with E-state index in [2.05, 4.69) is 40.9 Å². The highest BCUT2D eigenvalue weighted by Gasteiger charge is 2.44. The summed E-state index contributed by atoms with van der Waals surface area (Å²) < 4.78 is 0. The van der Waals surface area contributed by atoms with Crippen LogP contribution in [0.1, 0.15) is 38.3 Å². The lowest BCUT2D eigenvalue weighted by atomic mass is 9.91. The maximum absolute atomic E-state index is 3.75. The molecule has 2 unspecified atom stereocenters. The van der Waals surface area contributed by atoms with Crippen LogP contribution in [-0.2, 0) is 0 Å². The fourth-order valence-corrected chi connectivity index (χ4v) is 3.84. The van der Waals surface area contributed by atoms with Crippen molar-refractivity contribution in [3.63, 3.8) is 0 Å². The SMILES string of the molecule is CC(c1ccsc1)N1CCNC(C)(C2CC2)C1. The molecule has 2 aliphatic rings. The maximum atomic E-state index is 3.75. The summed E-state index contributed by atoms with van der Waals surface area (Å²) in [5.74, 6) is 0.917. The topological polar surface area (TPSA) is 15.3 Å². The molecule has 1 aliphatic heterocycles. The molecule has 1 saturated carbocycles. The van der Waals surface area contributed by atoms with E-state index in [0.29, 0.717) is 11.6 Å². The van der Waals surface area contributed by atoms with Crippen molar-refractivity contribution in [2.45, 2.75) is 38.3 Å². The number of rotatable bonds is 3. The Bertz CT molecular complexity index is 372. The lowest BCUT2D eigenvalue weighted by Gasteiger charge is -2.44. The molecule has 94 valence electrons. The number of piperazine rings is 1. The molecule has 1 aromatic rings. The van der Waals surface area contributed by atoms with Gasteiger partial charge >= 0.3 is 0 Å². The average Bonchev–Trinajstić information content (AvgIpc) is 3.06. The van der Waals surface area contributed by atoms with Crippen molar-refractivity contribution in [3.05, 3.63) is 22.4 Å². The second kappa shape index (κ2) is 4.38. The molecule has 2 atom stereocenters. The lowest BCUT2D eigenvalue weighted by Crippen LogP contribution is -2.60. The molecule has 0 aromatic carbocycles. The van der Waals surface area contributed by atoms with E-state index >= 15 is 0 Å². The predicted molar refractivity (Wildman–Crippen MR) is 73.4 cm³/mol. The van der Waals surface area contributed by atoms with Gasteiger partial charge in [0, 0.05) is 31.2 Å². The van der Waals surface area contributed by atoms with Gasteiger partial charge in [0.2, 0.25) is 0 Å². The quantitative estimate of drug-likeness (QED) is 0.887. The molecule has 1 saturated heterocycles. The Labute approximate surface area is 108 Å². The molecule has 2 fully saturated rings. The Hall–Kier alpha value is -0.380. The van der Waals surface area contributed by atoms with Crippen LogP contribution in [0.2, 0.25) is 0 Å². The van der Waals surface area contributed by atoms with Gasteiger partial charge in [0.15, 0.2) is 0 Å². The summed E-state index contributed by atoms with van der Waals surface area (Å²) in [5.41, 5.74) is 1.85. The van der Waals surface area contributed by atoms with E-state index in [1.54, 1.807) is 0 Å². The van der Waals surface area contributed by atoms with E-state index in [4.69, 9.17) is 0 Å². The number of hydrogen-bond donors (Lipinski definition) is 1. The van der Waals surface area contributed by atoms with Crippen LogP contribution in [0.5, 0.6) is 0 Å². The van der Waals surface area contributed by atoms with Gasteiger partial charge in [0.05, 0.1) is 0 Å². The molecule has 1 aliphatic carbocycles. The van der Waals surface area contributed by atoms with Crippen molar-refractivity contribution < 1.29 is 0 Å². The van der Waals surface area contributed by atoms with Crippen molar-refractivity contribution in [3.8, 4) is 0 Å². The first kappa shape index (κ1) is 11.7. The molecule has 17 heavy (non-hydrogen) atoms. The van der Waals surface area contributed by atoms with Crippen LogP contribution in [0.25, 0.3) is 0 Å². The van der Waals surface area contributed by atoms with Crippen molar-refractivity contribution in [1.82, 2.24) is 10.2 Å². The van der Waals surface area contributed by atoms with Gasteiger partial charge in [0.25, 0.3) is 0 Å². The first-order chi connectivity index (χ1) is 8.19. The number of nitrogens with one attached hydrogen (secondary N) is 1. The Morgan fingerprint density at radius 2 is 2.35 bits per heavy atom. The summed E-state index contributed by atoms with van der Waals surface area (Å²) in [6.07, 6.45) is 2.84. The molecule has 3 rings (SSSR count). The van der Waals surface area contributed by atoms with E-state index in [-0.39, 0.29) is 0 Å². The van der Waals surface area contributed by atoms with Gasteiger partial charge in [0.1, 0.15) is 0 Å². The Morgan fingerprint density at radius 3 is 3.00 bits per heavy atom. The zero-order valence-electron chi connectivity index (χ0n) is 10.8. The second-order valence-electron chi connectivity index (χ2n) is 5.82. The molecule has 2 heterocycles. The highest BCUT2D eigenvalue weighted by atomic mass is 32.1. The minimum atomic E-state index is 0.364. The zero-order chi connectivity index (χ0) is 11.9. The number of hydrogen-bond acceptors (Lipinski definition) is 3. The molecule has 2 nitrogen and oxygen atoms in total. The molecule has 0 spiro atoms. The van der Waals surface area contributed by atoms with Crippen LogP contribution < -0.4 is 5.32 Å². The third-order valence-electron chi connectivity index (χ3n) is 4.51. The molecule has 0 amide bonds. The minimum absolute atomic E-state index is 0.364. The lowest BCUT2D eigenvalue weighted by molar-refractivity contribution is 0.0947. The van der Waals surface area contributed by atoms with Gasteiger partial charge in [-0.1, -0.05) is 0 Å². The van der Waals surface area contributed by atoms with Crippen LogP contribution in [0.3, 0.4) is 0 Å². The van der Waals surface area contributed by atoms with E-state index in [9.17, 15) is 0 Å². The molecule has 0 radical (unpaired) electrons. The monoisotopic (exact) mass is 250 g/mol. The van der Waals surface area contributed by atoms with Gasteiger partial charge in [-0.05, 0) is 55.0 Å². The molecule has 3 heteroatoms. The third-order valence-corrected chi connectivity index (χ3v) is 5.21. The predicted octanol–water partition coefficient (Wildman–Crippen LogP) is 2.88. The summed E-state index contributed by atoms with van der Waals surface area (Å²) in [6.45, 7) is 8.29. The van der Waals surface area contributed by atoms with Gasteiger partial charge in [-0.2, -0.15) is 11.3 Å². The van der Waals surface area contributed by atoms with Crippen LogP contribution in [0.15, 0.2) is 16.8 Å². The van der Waals surface area contributed by atoms with Crippen LogP contribution in [-0.4, -0.2) is 30.1 Å². The summed E-state index contributed by atoms with van der Waals surface area (Å²) in [7, 11) is 0. The van der Waals surface area contributed by atoms with Gasteiger partial charge < -0.3 is 5.32 Å². The minimum Gasteiger partial charge on any atom is -0.309 e. The molecule has 1 N–H and O–H groups in total. The van der Waals surface area contributed by atoms with Gasteiger partial charge in [-0.25, -0.2) is 0 Å². The average molecular weight is 250 g/mol. The van der Waals surface area contributed by atoms with Crippen molar-refractivity contribution in [2.24, 2.45) is 5.92 Å². The van der Waals surface area contributed by atoms with Crippen LogP contribution in [0, 0.1) is 5.92 Å². The van der Waals surface area contributed by atoms with E-state index in [0.717, 1.165) is 12.5 Å². The summed E-state index contributed by atoms with van der Waals surface area (Å²) >= 11 is 1.81. The van der Waals surface area contributed by atoms with Crippen molar-refractivity contribution in [1.29, 1.82) is 0 Å². The zero-order valence-corrected chi connectivity index (χ0v) is 11.6. The number of thiophene rings is 1. The highest BCUT2D eigenvalue weighted by Crippen LogP contribution is 2.41. The molecule has 1 aromatic heterocycles. The van der Waals surface area contributed by atoms with Crippen molar-refractivity contribution >= 4 is 11.3 Å². The molecule has 0 bridgehead atoms. The van der Waals surface area contributed by atoms with E-state index in [1.807, 2.05) is 11.3 Å². The Morgan fingerprint density at radius 1 is 1.53 bits per heavy atom. The smallest absolute Gasteiger partial charge is 0.0329 e. The standard InChI is InChI=1S/C14H22N2S/c1-11(12-5-8-17-9-12)16-7-6-15-14(2,10-16)13-3-4-13/h5,8-9,11,13,15H,3-4,6-7,10H2,1-2H3. The molecular formula is C14H22N2S. The summed E-state index contributed by atoms with van der Waals surface area (Å²) in [4.78, 5) is 2.65. The Kier molecular flexibility index (Phi) is 3.01.